The quantitative estimate of drug-likeness (QED) is 0.695. The Morgan fingerprint density at radius 3 is 2.75 bits per heavy atom. The predicted molar refractivity (Wildman–Crippen MR) is 105 cm³/mol. The van der Waals surface area contributed by atoms with E-state index in [2.05, 4.69) is 22.5 Å². The van der Waals surface area contributed by atoms with Crippen molar-refractivity contribution in [2.45, 2.75) is 26.4 Å². The van der Waals surface area contributed by atoms with Gasteiger partial charge in [0.2, 0.25) is 11.8 Å². The van der Waals surface area contributed by atoms with Gasteiger partial charge < -0.3 is 20.1 Å². The molecule has 1 saturated carbocycles. The van der Waals surface area contributed by atoms with Crippen molar-refractivity contribution in [2.24, 2.45) is 11.8 Å². The fraction of sp³-hybridized carbons (Fsp3) is 0.381. The molecule has 1 aromatic heterocycles. The molecule has 28 heavy (non-hydrogen) atoms. The number of hydrogen-bond donors (Lipinski definition) is 2. The number of carbonyl (C=O) groups excluding carboxylic acids is 2. The summed E-state index contributed by atoms with van der Waals surface area (Å²) in [6.07, 6.45) is 4.58. The molecule has 1 aliphatic rings. The fourth-order valence-electron chi connectivity index (χ4n) is 2.85. The Kier molecular flexibility index (Phi) is 6.47. The summed E-state index contributed by atoms with van der Waals surface area (Å²) in [5.41, 5.74) is 1.54. The molecule has 7 nitrogen and oxygen atoms in total. The average Bonchev–Trinajstić information content (AvgIpc) is 3.44. The van der Waals surface area contributed by atoms with E-state index in [1.54, 1.807) is 37.7 Å². The molecule has 0 spiro atoms. The van der Waals surface area contributed by atoms with Crippen molar-refractivity contribution < 1.29 is 19.1 Å². The van der Waals surface area contributed by atoms with Crippen molar-refractivity contribution >= 4 is 17.5 Å². The highest BCUT2D eigenvalue weighted by atomic mass is 16.5. The number of anilines is 1. The molecule has 2 N–H and O–H groups in total. The van der Waals surface area contributed by atoms with Crippen molar-refractivity contribution in [3.63, 3.8) is 0 Å². The molecule has 2 unspecified atom stereocenters. The lowest BCUT2D eigenvalue weighted by atomic mass is 10.2. The minimum absolute atomic E-state index is 0.0378. The van der Waals surface area contributed by atoms with Crippen LogP contribution in [0.25, 0.3) is 0 Å². The molecule has 0 bridgehead atoms. The van der Waals surface area contributed by atoms with Crippen LogP contribution in [0.5, 0.6) is 11.5 Å². The summed E-state index contributed by atoms with van der Waals surface area (Å²) < 4.78 is 11.1. The third kappa shape index (κ3) is 5.45. The lowest BCUT2D eigenvalue weighted by Gasteiger charge is -2.13. The monoisotopic (exact) mass is 383 g/mol. The summed E-state index contributed by atoms with van der Waals surface area (Å²) in [6, 6.07) is 8.97. The number of nitrogens with zero attached hydrogens (tertiary/aromatic N) is 1. The zero-order valence-electron chi connectivity index (χ0n) is 16.1. The number of rotatable bonds is 9. The number of pyridine rings is 1. The Morgan fingerprint density at radius 2 is 2.07 bits per heavy atom. The Hall–Kier alpha value is -3.09. The number of methoxy groups -OCH3 is 1. The van der Waals surface area contributed by atoms with Crippen molar-refractivity contribution in [2.75, 3.05) is 19.0 Å². The molecular formula is C21H25N3O4. The van der Waals surface area contributed by atoms with Crippen LogP contribution >= 0.6 is 0 Å². The first-order valence-electron chi connectivity index (χ1n) is 9.34. The van der Waals surface area contributed by atoms with Crippen molar-refractivity contribution in [3.8, 4) is 11.5 Å². The number of ether oxygens (including phenoxy) is 2. The molecule has 1 aromatic carbocycles. The maximum atomic E-state index is 12.1. The van der Waals surface area contributed by atoms with Gasteiger partial charge in [0.25, 0.3) is 0 Å². The van der Waals surface area contributed by atoms with Crippen molar-refractivity contribution in [1.82, 2.24) is 10.3 Å². The molecule has 148 valence electrons. The van der Waals surface area contributed by atoms with Crippen molar-refractivity contribution in [3.05, 3.63) is 48.3 Å². The zero-order chi connectivity index (χ0) is 19.9. The Bertz CT molecular complexity index is 826. The zero-order valence-corrected chi connectivity index (χ0v) is 16.1. The highest BCUT2D eigenvalue weighted by Gasteiger charge is 2.38. The number of carbonyl (C=O) groups is 2. The first kappa shape index (κ1) is 19.7. The summed E-state index contributed by atoms with van der Waals surface area (Å²) in [6.45, 7) is 2.72. The summed E-state index contributed by atoms with van der Waals surface area (Å²) in [7, 11) is 1.56. The Balaban J connectivity index is 1.51. The number of amides is 2. The average molecular weight is 383 g/mol. The molecule has 3 rings (SSSR count). The van der Waals surface area contributed by atoms with E-state index in [1.807, 2.05) is 12.1 Å². The van der Waals surface area contributed by atoms with Gasteiger partial charge >= 0.3 is 0 Å². The second-order valence-electron chi connectivity index (χ2n) is 6.92. The fourth-order valence-corrected chi connectivity index (χ4v) is 2.85. The van der Waals surface area contributed by atoms with E-state index < -0.39 is 0 Å². The van der Waals surface area contributed by atoms with Gasteiger partial charge in [0.15, 0.2) is 11.5 Å². The predicted octanol–water partition coefficient (Wildman–Crippen LogP) is 2.77. The normalized spacial score (nSPS) is 17.5. The molecule has 0 radical (unpaired) electrons. The van der Waals surface area contributed by atoms with Crippen LogP contribution in [0, 0.1) is 11.8 Å². The maximum absolute atomic E-state index is 12.1. The lowest BCUT2D eigenvalue weighted by molar-refractivity contribution is -0.122. The third-order valence-electron chi connectivity index (χ3n) is 4.66. The van der Waals surface area contributed by atoms with Crippen LogP contribution < -0.4 is 20.1 Å². The van der Waals surface area contributed by atoms with Crippen LogP contribution in [-0.4, -0.2) is 30.5 Å². The number of benzene rings is 1. The molecule has 2 aromatic rings. The van der Waals surface area contributed by atoms with Crippen LogP contribution in [0.1, 0.15) is 25.3 Å². The van der Waals surface area contributed by atoms with E-state index in [4.69, 9.17) is 9.47 Å². The Morgan fingerprint density at radius 1 is 1.25 bits per heavy atom. The van der Waals surface area contributed by atoms with E-state index in [0.717, 1.165) is 12.0 Å². The van der Waals surface area contributed by atoms with Gasteiger partial charge in [-0.3, -0.25) is 14.6 Å². The summed E-state index contributed by atoms with van der Waals surface area (Å²) in [5.74, 6) is 1.54. The number of aromatic nitrogens is 1. The number of nitrogens with one attached hydrogen (secondary N) is 2. The van der Waals surface area contributed by atoms with Crippen LogP contribution in [-0.2, 0) is 16.2 Å². The lowest BCUT2D eigenvalue weighted by Crippen LogP contribution is -2.29. The van der Waals surface area contributed by atoms with Gasteiger partial charge in [-0.2, -0.15) is 0 Å². The molecule has 7 heteroatoms. The second-order valence-corrected chi connectivity index (χ2v) is 6.92. The molecule has 2 amide bonds. The van der Waals surface area contributed by atoms with Crippen LogP contribution in [0.15, 0.2) is 42.7 Å². The summed E-state index contributed by atoms with van der Waals surface area (Å²) >= 11 is 0. The molecule has 0 aliphatic heterocycles. The minimum Gasteiger partial charge on any atom is -0.493 e. The van der Waals surface area contributed by atoms with Crippen molar-refractivity contribution in [1.29, 1.82) is 0 Å². The van der Waals surface area contributed by atoms with Gasteiger partial charge in [0.1, 0.15) is 6.61 Å². The van der Waals surface area contributed by atoms with E-state index in [0.29, 0.717) is 36.3 Å². The number of hydrogen-bond acceptors (Lipinski definition) is 5. The second kappa shape index (κ2) is 9.21. The highest BCUT2D eigenvalue weighted by Crippen LogP contribution is 2.37. The van der Waals surface area contributed by atoms with E-state index in [9.17, 15) is 9.59 Å². The van der Waals surface area contributed by atoms with Gasteiger partial charge in [0, 0.05) is 48.6 Å². The summed E-state index contributed by atoms with van der Waals surface area (Å²) in [4.78, 5) is 28.0. The van der Waals surface area contributed by atoms with Gasteiger partial charge in [-0.25, -0.2) is 0 Å². The van der Waals surface area contributed by atoms with E-state index >= 15 is 0 Å². The smallest absolute Gasteiger partial charge is 0.226 e. The Labute approximate surface area is 164 Å². The van der Waals surface area contributed by atoms with Crippen LogP contribution in [0.4, 0.5) is 5.69 Å². The molecule has 0 saturated heterocycles. The standard InChI is InChI=1S/C21H25N3O4/c1-14-10-17(14)21(26)23-9-7-20(25)24-16-5-6-18(27-2)19(11-16)28-13-15-4-3-8-22-12-15/h3-6,8,11-12,14,17H,7,9-10,13H2,1-2H3,(H,23,26)(H,24,25). The van der Waals surface area contributed by atoms with Gasteiger partial charge in [-0.05, 0) is 30.5 Å². The summed E-state index contributed by atoms with van der Waals surface area (Å²) in [5, 5.41) is 5.63. The first-order chi connectivity index (χ1) is 13.6. The van der Waals surface area contributed by atoms with Gasteiger partial charge in [-0.1, -0.05) is 13.0 Å². The highest BCUT2D eigenvalue weighted by molar-refractivity contribution is 5.91. The topological polar surface area (TPSA) is 89.6 Å². The largest absolute Gasteiger partial charge is 0.493 e. The maximum Gasteiger partial charge on any atom is 0.226 e. The van der Waals surface area contributed by atoms with E-state index in [1.165, 1.54) is 0 Å². The van der Waals surface area contributed by atoms with Crippen LogP contribution in [0.3, 0.4) is 0 Å². The van der Waals surface area contributed by atoms with E-state index in [-0.39, 0.29) is 24.2 Å². The molecule has 1 heterocycles. The molecule has 1 fully saturated rings. The molecule has 1 aliphatic carbocycles. The van der Waals surface area contributed by atoms with Crippen LogP contribution in [0.2, 0.25) is 0 Å². The third-order valence-corrected chi connectivity index (χ3v) is 4.66. The molecular weight excluding hydrogens is 358 g/mol. The minimum atomic E-state index is -0.174. The molecule has 2 atom stereocenters. The van der Waals surface area contributed by atoms with Gasteiger partial charge in [-0.15, -0.1) is 0 Å². The first-order valence-corrected chi connectivity index (χ1v) is 9.34. The SMILES string of the molecule is COc1ccc(NC(=O)CCNC(=O)C2CC2C)cc1OCc1cccnc1. The van der Waals surface area contributed by atoms with Gasteiger partial charge in [0.05, 0.1) is 7.11 Å².